The fourth-order valence-corrected chi connectivity index (χ4v) is 1.78. The van der Waals surface area contributed by atoms with Gasteiger partial charge in [-0.05, 0) is 33.6 Å². The number of ether oxygens (including phenoxy) is 1. The van der Waals surface area contributed by atoms with Crippen LogP contribution in [-0.2, 0) is 6.54 Å². The van der Waals surface area contributed by atoms with Gasteiger partial charge in [-0.2, -0.15) is 0 Å². The topological polar surface area (TPSA) is 61.0 Å². The van der Waals surface area contributed by atoms with E-state index >= 15 is 0 Å². The highest BCUT2D eigenvalue weighted by atomic mass is 79.9. The molecule has 0 atom stereocenters. The SMILES string of the molecule is NCc1ccc(Oc2ncncc2Br)c(Cl)c1. The maximum absolute atomic E-state index is 6.07. The van der Waals surface area contributed by atoms with E-state index in [1.165, 1.54) is 6.33 Å². The molecule has 0 saturated carbocycles. The van der Waals surface area contributed by atoms with Crippen LogP contribution in [0.5, 0.6) is 11.6 Å². The predicted molar refractivity (Wildman–Crippen MR) is 69.1 cm³/mol. The molecule has 0 aliphatic carbocycles. The summed E-state index contributed by atoms with van der Waals surface area (Å²) >= 11 is 9.36. The third-order valence-electron chi connectivity index (χ3n) is 2.07. The lowest BCUT2D eigenvalue weighted by molar-refractivity contribution is 0.458. The van der Waals surface area contributed by atoms with Gasteiger partial charge in [-0.3, -0.25) is 0 Å². The van der Waals surface area contributed by atoms with Crippen LogP contribution in [0.2, 0.25) is 5.02 Å². The summed E-state index contributed by atoms with van der Waals surface area (Å²) in [5.41, 5.74) is 6.47. The Bertz CT molecular complexity index is 536. The van der Waals surface area contributed by atoms with Crippen molar-refractivity contribution in [2.75, 3.05) is 0 Å². The first kappa shape index (κ1) is 12.3. The van der Waals surface area contributed by atoms with Crippen molar-refractivity contribution in [1.29, 1.82) is 0 Å². The number of nitrogens with zero attached hydrogens (tertiary/aromatic N) is 2. The van der Waals surface area contributed by atoms with Crippen LogP contribution < -0.4 is 10.5 Å². The molecular weight excluding hydrogens is 305 g/mol. The zero-order valence-corrected chi connectivity index (χ0v) is 11.1. The zero-order valence-electron chi connectivity index (χ0n) is 8.73. The van der Waals surface area contributed by atoms with Gasteiger partial charge < -0.3 is 10.5 Å². The first-order chi connectivity index (χ1) is 8.20. The minimum atomic E-state index is 0.419. The summed E-state index contributed by atoms with van der Waals surface area (Å²) in [5, 5.41) is 0.499. The molecule has 2 rings (SSSR count). The number of aromatic nitrogens is 2. The smallest absolute Gasteiger partial charge is 0.236 e. The molecule has 0 aliphatic rings. The van der Waals surface area contributed by atoms with Crippen LogP contribution in [0, 0.1) is 0 Å². The second kappa shape index (κ2) is 5.44. The van der Waals surface area contributed by atoms with E-state index in [9.17, 15) is 0 Å². The monoisotopic (exact) mass is 313 g/mol. The van der Waals surface area contributed by atoms with Crippen molar-refractivity contribution in [3.8, 4) is 11.6 Å². The minimum Gasteiger partial charge on any atom is -0.436 e. The standard InChI is InChI=1S/C11H9BrClN3O/c12-8-5-15-6-16-11(8)17-10-2-1-7(4-14)3-9(10)13/h1-3,5-6H,4,14H2. The molecule has 2 aromatic rings. The second-order valence-corrected chi connectivity index (χ2v) is 4.51. The van der Waals surface area contributed by atoms with Gasteiger partial charge in [0.15, 0.2) is 0 Å². The first-order valence-electron chi connectivity index (χ1n) is 4.82. The number of rotatable bonds is 3. The van der Waals surface area contributed by atoms with E-state index in [1.54, 1.807) is 18.3 Å². The lowest BCUT2D eigenvalue weighted by Gasteiger charge is -2.08. The van der Waals surface area contributed by atoms with Crippen LogP contribution >= 0.6 is 27.5 Å². The molecule has 0 fully saturated rings. The molecule has 0 bridgehead atoms. The number of hydrogen-bond acceptors (Lipinski definition) is 4. The molecule has 1 aromatic carbocycles. The normalized spacial score (nSPS) is 10.3. The Hall–Kier alpha value is -1.17. The summed E-state index contributed by atoms with van der Waals surface area (Å²) in [6.07, 6.45) is 3.01. The van der Waals surface area contributed by atoms with Crippen molar-refractivity contribution in [2.45, 2.75) is 6.54 Å². The van der Waals surface area contributed by atoms with Crippen molar-refractivity contribution in [2.24, 2.45) is 5.73 Å². The van der Waals surface area contributed by atoms with Gasteiger partial charge in [0.2, 0.25) is 5.88 Å². The average molecular weight is 315 g/mol. The van der Waals surface area contributed by atoms with Gasteiger partial charge in [0.05, 0.1) is 9.50 Å². The van der Waals surface area contributed by atoms with Crippen LogP contribution in [0.3, 0.4) is 0 Å². The van der Waals surface area contributed by atoms with Crippen LogP contribution in [0.25, 0.3) is 0 Å². The fourth-order valence-electron chi connectivity index (χ4n) is 1.23. The second-order valence-electron chi connectivity index (χ2n) is 3.25. The molecule has 1 heterocycles. The maximum atomic E-state index is 6.07. The van der Waals surface area contributed by atoms with E-state index in [0.29, 0.717) is 27.7 Å². The van der Waals surface area contributed by atoms with Crippen LogP contribution in [0.15, 0.2) is 35.2 Å². The van der Waals surface area contributed by atoms with Crippen LogP contribution in [0.4, 0.5) is 0 Å². The quantitative estimate of drug-likeness (QED) is 0.945. The Balaban J connectivity index is 2.28. The van der Waals surface area contributed by atoms with Crippen LogP contribution in [0.1, 0.15) is 5.56 Å². The summed E-state index contributed by atoms with van der Waals surface area (Å²) in [5.74, 6) is 0.950. The molecule has 4 nitrogen and oxygen atoms in total. The van der Waals surface area contributed by atoms with Gasteiger partial charge in [-0.1, -0.05) is 17.7 Å². The van der Waals surface area contributed by atoms with Gasteiger partial charge in [0.25, 0.3) is 0 Å². The van der Waals surface area contributed by atoms with Gasteiger partial charge in [0, 0.05) is 12.7 Å². The van der Waals surface area contributed by atoms with Gasteiger partial charge in [0.1, 0.15) is 12.1 Å². The van der Waals surface area contributed by atoms with Gasteiger partial charge >= 0.3 is 0 Å². The molecule has 0 spiro atoms. The Morgan fingerprint density at radius 2 is 2.24 bits per heavy atom. The third kappa shape index (κ3) is 2.94. The first-order valence-corrected chi connectivity index (χ1v) is 5.99. The summed E-state index contributed by atoms with van der Waals surface area (Å²) in [6, 6.07) is 5.39. The molecule has 88 valence electrons. The summed E-state index contributed by atoms with van der Waals surface area (Å²) in [7, 11) is 0. The molecular formula is C11H9BrClN3O. The average Bonchev–Trinajstić information content (AvgIpc) is 2.34. The zero-order chi connectivity index (χ0) is 12.3. The summed E-state index contributed by atoms with van der Waals surface area (Å²) < 4.78 is 6.23. The molecule has 0 radical (unpaired) electrons. The number of nitrogens with two attached hydrogens (primary N) is 1. The lowest BCUT2D eigenvalue weighted by atomic mass is 10.2. The fraction of sp³-hybridized carbons (Fsp3) is 0.0909. The maximum Gasteiger partial charge on any atom is 0.236 e. The highest BCUT2D eigenvalue weighted by molar-refractivity contribution is 9.10. The Labute approximate surface area is 112 Å². The van der Waals surface area contributed by atoms with E-state index < -0.39 is 0 Å². The highest BCUT2D eigenvalue weighted by Gasteiger charge is 2.07. The Morgan fingerprint density at radius 1 is 1.41 bits per heavy atom. The summed E-state index contributed by atoms with van der Waals surface area (Å²) in [4.78, 5) is 7.84. The molecule has 0 amide bonds. The van der Waals surface area contributed by atoms with Gasteiger partial charge in [-0.25, -0.2) is 9.97 Å². The van der Waals surface area contributed by atoms with E-state index in [4.69, 9.17) is 22.1 Å². The number of halogens is 2. The predicted octanol–water partition coefficient (Wildman–Crippen LogP) is 3.14. The Morgan fingerprint density at radius 3 is 2.88 bits per heavy atom. The molecule has 0 unspecified atom stereocenters. The van der Waals surface area contributed by atoms with Crippen molar-refractivity contribution in [3.05, 3.63) is 45.8 Å². The summed E-state index contributed by atoms with van der Waals surface area (Å²) in [6.45, 7) is 0.442. The molecule has 0 aliphatic heterocycles. The van der Waals surface area contributed by atoms with E-state index in [2.05, 4.69) is 25.9 Å². The van der Waals surface area contributed by atoms with Crippen molar-refractivity contribution in [1.82, 2.24) is 9.97 Å². The Kier molecular flexibility index (Phi) is 3.93. The highest BCUT2D eigenvalue weighted by Crippen LogP contribution is 2.32. The third-order valence-corrected chi connectivity index (χ3v) is 2.91. The molecule has 17 heavy (non-hydrogen) atoms. The molecule has 2 N–H and O–H groups in total. The molecule has 6 heteroatoms. The number of hydrogen-bond donors (Lipinski definition) is 1. The van der Waals surface area contributed by atoms with E-state index in [-0.39, 0.29) is 0 Å². The largest absolute Gasteiger partial charge is 0.436 e. The molecule has 0 saturated heterocycles. The van der Waals surface area contributed by atoms with Crippen LogP contribution in [-0.4, -0.2) is 9.97 Å². The van der Waals surface area contributed by atoms with Crippen molar-refractivity contribution in [3.63, 3.8) is 0 Å². The van der Waals surface area contributed by atoms with Crippen molar-refractivity contribution < 1.29 is 4.74 Å². The van der Waals surface area contributed by atoms with E-state index in [0.717, 1.165) is 5.56 Å². The number of benzene rings is 1. The minimum absolute atomic E-state index is 0.419. The van der Waals surface area contributed by atoms with E-state index in [1.807, 2.05) is 6.07 Å². The molecule has 1 aromatic heterocycles. The van der Waals surface area contributed by atoms with Crippen molar-refractivity contribution >= 4 is 27.5 Å². The van der Waals surface area contributed by atoms with Gasteiger partial charge in [-0.15, -0.1) is 0 Å². The lowest BCUT2D eigenvalue weighted by Crippen LogP contribution is -1.96.